The van der Waals surface area contributed by atoms with Gasteiger partial charge in [-0.05, 0) is 41.1 Å². The van der Waals surface area contributed by atoms with Crippen molar-refractivity contribution >= 4 is 17.2 Å². The van der Waals surface area contributed by atoms with Crippen molar-refractivity contribution in [2.24, 2.45) is 0 Å². The number of nitrogens with zero attached hydrogens (tertiary/aromatic N) is 3. The van der Waals surface area contributed by atoms with E-state index in [1.54, 1.807) is 38.0 Å². The lowest BCUT2D eigenvalue weighted by Gasteiger charge is -2.37. The minimum absolute atomic E-state index is 0.123. The van der Waals surface area contributed by atoms with Crippen molar-refractivity contribution in [1.82, 2.24) is 14.9 Å². The van der Waals surface area contributed by atoms with Gasteiger partial charge in [0.15, 0.2) is 11.5 Å². The summed E-state index contributed by atoms with van der Waals surface area (Å²) in [6, 6.07) is 7.86. The zero-order valence-corrected chi connectivity index (χ0v) is 15.9. The van der Waals surface area contributed by atoms with Gasteiger partial charge in [-0.1, -0.05) is 6.07 Å². The molecule has 1 aromatic carbocycles. The van der Waals surface area contributed by atoms with Crippen LogP contribution in [-0.2, 0) is 6.42 Å². The number of amides is 1. The Morgan fingerprint density at radius 1 is 1.22 bits per heavy atom. The molecule has 27 heavy (non-hydrogen) atoms. The zero-order valence-electron chi connectivity index (χ0n) is 15.1. The van der Waals surface area contributed by atoms with Gasteiger partial charge >= 0.3 is 0 Å². The van der Waals surface area contributed by atoms with Gasteiger partial charge in [-0.15, -0.1) is 11.3 Å². The van der Waals surface area contributed by atoms with Crippen LogP contribution in [0, 0.1) is 0 Å². The number of rotatable bonds is 4. The summed E-state index contributed by atoms with van der Waals surface area (Å²) in [7, 11) is 3.25. The topological polar surface area (TPSA) is 64.6 Å². The molecule has 0 bridgehead atoms. The fourth-order valence-corrected chi connectivity index (χ4v) is 4.33. The van der Waals surface area contributed by atoms with Crippen molar-refractivity contribution in [2.75, 3.05) is 20.8 Å². The highest BCUT2D eigenvalue weighted by atomic mass is 32.1. The van der Waals surface area contributed by atoms with E-state index in [2.05, 4.69) is 16.0 Å². The smallest absolute Gasteiger partial charge is 0.274 e. The summed E-state index contributed by atoms with van der Waals surface area (Å²) in [6.45, 7) is 0.598. The van der Waals surface area contributed by atoms with Gasteiger partial charge in [0.1, 0.15) is 5.69 Å². The number of aromatic nitrogens is 2. The molecule has 3 aromatic rings. The average molecular weight is 381 g/mol. The first-order chi connectivity index (χ1) is 13.2. The molecule has 1 unspecified atom stereocenters. The van der Waals surface area contributed by atoms with Gasteiger partial charge in [-0.25, -0.2) is 4.98 Å². The first-order valence-corrected chi connectivity index (χ1v) is 9.46. The molecule has 1 aliphatic rings. The van der Waals surface area contributed by atoms with Crippen molar-refractivity contribution in [3.63, 3.8) is 0 Å². The summed E-state index contributed by atoms with van der Waals surface area (Å²) >= 11 is 1.63. The van der Waals surface area contributed by atoms with E-state index in [1.165, 1.54) is 6.20 Å². The van der Waals surface area contributed by atoms with Gasteiger partial charge in [0.25, 0.3) is 5.91 Å². The summed E-state index contributed by atoms with van der Waals surface area (Å²) in [5.74, 6) is 1.24. The third kappa shape index (κ3) is 3.14. The Balaban J connectivity index is 1.82. The second-order valence-corrected chi connectivity index (χ2v) is 7.14. The molecule has 138 valence electrons. The van der Waals surface area contributed by atoms with Gasteiger partial charge in [-0.3, -0.25) is 9.78 Å². The van der Waals surface area contributed by atoms with Gasteiger partial charge in [0.2, 0.25) is 0 Å². The third-order valence-electron chi connectivity index (χ3n) is 4.73. The number of benzene rings is 1. The largest absolute Gasteiger partial charge is 0.493 e. The average Bonchev–Trinajstić information content (AvgIpc) is 3.26. The number of thiophene rings is 1. The van der Waals surface area contributed by atoms with E-state index in [4.69, 9.17) is 9.47 Å². The van der Waals surface area contributed by atoms with Gasteiger partial charge in [-0.2, -0.15) is 0 Å². The van der Waals surface area contributed by atoms with Crippen LogP contribution in [0.4, 0.5) is 0 Å². The number of methoxy groups -OCH3 is 2. The SMILES string of the molecule is COc1cc2c(cc1OC)C(c1cccs1)N(C(=O)c1cnccn1)CC2. The second-order valence-electron chi connectivity index (χ2n) is 6.16. The summed E-state index contributed by atoms with van der Waals surface area (Å²) < 4.78 is 11.0. The molecule has 1 amide bonds. The molecule has 1 atom stereocenters. The highest BCUT2D eigenvalue weighted by Gasteiger charge is 2.34. The Bertz CT molecular complexity index is 945. The van der Waals surface area contributed by atoms with Crippen LogP contribution in [0.2, 0.25) is 0 Å². The van der Waals surface area contributed by atoms with Crippen LogP contribution in [0.15, 0.2) is 48.2 Å². The molecule has 3 heterocycles. The van der Waals surface area contributed by atoms with Crippen LogP contribution in [0.3, 0.4) is 0 Å². The van der Waals surface area contributed by atoms with Crippen molar-refractivity contribution in [2.45, 2.75) is 12.5 Å². The Morgan fingerprint density at radius 2 is 2.04 bits per heavy atom. The van der Waals surface area contributed by atoms with E-state index < -0.39 is 0 Å². The van der Waals surface area contributed by atoms with Crippen LogP contribution < -0.4 is 9.47 Å². The molecule has 2 aromatic heterocycles. The molecule has 6 nitrogen and oxygen atoms in total. The Morgan fingerprint density at radius 3 is 2.70 bits per heavy atom. The molecule has 0 spiro atoms. The van der Waals surface area contributed by atoms with Crippen LogP contribution in [0.25, 0.3) is 0 Å². The predicted molar refractivity (Wildman–Crippen MR) is 102 cm³/mol. The fourth-order valence-electron chi connectivity index (χ4n) is 3.47. The van der Waals surface area contributed by atoms with Crippen LogP contribution in [0.1, 0.15) is 32.5 Å². The third-order valence-corrected chi connectivity index (χ3v) is 5.65. The molecule has 7 heteroatoms. The molecular formula is C20H19N3O3S. The number of carbonyl (C=O) groups is 1. The summed E-state index contributed by atoms with van der Waals surface area (Å²) in [5.41, 5.74) is 2.57. The van der Waals surface area contributed by atoms with E-state index in [-0.39, 0.29) is 11.9 Å². The van der Waals surface area contributed by atoms with Crippen molar-refractivity contribution in [3.8, 4) is 11.5 Å². The molecule has 0 saturated carbocycles. The zero-order chi connectivity index (χ0) is 18.8. The summed E-state index contributed by atoms with van der Waals surface area (Å²) in [5, 5.41) is 2.02. The molecule has 0 fully saturated rings. The highest BCUT2D eigenvalue weighted by molar-refractivity contribution is 7.10. The van der Waals surface area contributed by atoms with Gasteiger partial charge < -0.3 is 14.4 Å². The second kappa shape index (κ2) is 7.36. The van der Waals surface area contributed by atoms with E-state index in [0.717, 1.165) is 22.4 Å². The number of carbonyl (C=O) groups excluding carboxylic acids is 1. The lowest BCUT2D eigenvalue weighted by Crippen LogP contribution is -2.40. The lowest BCUT2D eigenvalue weighted by atomic mass is 9.90. The molecule has 1 aliphatic heterocycles. The molecule has 0 radical (unpaired) electrons. The minimum atomic E-state index is -0.192. The predicted octanol–water partition coefficient (Wildman–Crippen LogP) is 3.34. The first kappa shape index (κ1) is 17.5. The molecule has 0 saturated heterocycles. The normalized spacial score (nSPS) is 15.9. The van der Waals surface area contributed by atoms with Crippen LogP contribution >= 0.6 is 11.3 Å². The maximum absolute atomic E-state index is 13.2. The van der Waals surface area contributed by atoms with Crippen LogP contribution in [-0.4, -0.2) is 41.5 Å². The van der Waals surface area contributed by atoms with Crippen molar-refractivity contribution in [1.29, 1.82) is 0 Å². The Hall–Kier alpha value is -2.93. The first-order valence-electron chi connectivity index (χ1n) is 8.58. The van der Waals surface area contributed by atoms with E-state index in [9.17, 15) is 4.79 Å². The van der Waals surface area contributed by atoms with E-state index >= 15 is 0 Å². The standard InChI is InChI=1S/C20H19N3O3S/c1-25-16-10-13-5-8-23(20(24)15-12-21-6-7-22-15)19(18-4-3-9-27-18)14(13)11-17(16)26-2/h3-4,6-7,9-12,19H,5,8H2,1-2H3. The minimum Gasteiger partial charge on any atom is -0.493 e. The number of hydrogen-bond acceptors (Lipinski definition) is 6. The molecule has 0 N–H and O–H groups in total. The molecule has 0 aliphatic carbocycles. The maximum Gasteiger partial charge on any atom is 0.274 e. The molecule has 4 rings (SSSR count). The number of fused-ring (bicyclic) bond motifs is 1. The van der Waals surface area contributed by atoms with Gasteiger partial charge in [0, 0.05) is 23.8 Å². The van der Waals surface area contributed by atoms with Crippen molar-refractivity contribution in [3.05, 3.63) is 69.9 Å². The Labute approximate surface area is 161 Å². The van der Waals surface area contributed by atoms with Crippen molar-refractivity contribution < 1.29 is 14.3 Å². The lowest BCUT2D eigenvalue weighted by molar-refractivity contribution is 0.0690. The molecular weight excluding hydrogens is 362 g/mol. The fraction of sp³-hybridized carbons (Fsp3) is 0.250. The summed E-state index contributed by atoms with van der Waals surface area (Å²) in [4.78, 5) is 24.4. The van der Waals surface area contributed by atoms with E-state index in [1.807, 2.05) is 28.5 Å². The highest BCUT2D eigenvalue weighted by Crippen LogP contribution is 2.42. The van der Waals surface area contributed by atoms with E-state index in [0.29, 0.717) is 23.7 Å². The van der Waals surface area contributed by atoms with Gasteiger partial charge in [0.05, 0.1) is 26.5 Å². The van der Waals surface area contributed by atoms with Crippen LogP contribution in [0.5, 0.6) is 11.5 Å². The summed E-state index contributed by atoms with van der Waals surface area (Å²) in [6.07, 6.45) is 5.36. The number of ether oxygens (including phenoxy) is 2. The quantitative estimate of drug-likeness (QED) is 0.693. The monoisotopic (exact) mass is 381 g/mol. The Kier molecular flexibility index (Phi) is 4.77. The maximum atomic E-state index is 13.2. The number of hydrogen-bond donors (Lipinski definition) is 0.